The van der Waals surface area contributed by atoms with E-state index < -0.39 is 27.3 Å². The van der Waals surface area contributed by atoms with Crippen LogP contribution in [0.15, 0.2) is 65.6 Å². The van der Waals surface area contributed by atoms with E-state index in [1.807, 2.05) is 32.0 Å². The Bertz CT molecular complexity index is 1400. The molecule has 4 rings (SSSR count). The van der Waals surface area contributed by atoms with Crippen molar-refractivity contribution in [2.75, 3.05) is 37.0 Å². The van der Waals surface area contributed by atoms with E-state index in [4.69, 9.17) is 16.3 Å². The highest BCUT2D eigenvalue weighted by Gasteiger charge is 2.33. The molecule has 1 heterocycles. The van der Waals surface area contributed by atoms with Crippen LogP contribution < -0.4 is 15.0 Å². The Morgan fingerprint density at radius 2 is 1.89 bits per heavy atom. The van der Waals surface area contributed by atoms with Gasteiger partial charge in [0.1, 0.15) is 11.6 Å². The second kappa shape index (κ2) is 10.5. The van der Waals surface area contributed by atoms with Gasteiger partial charge >= 0.3 is 0 Å². The van der Waals surface area contributed by atoms with Gasteiger partial charge in [-0.1, -0.05) is 23.7 Å². The average molecular weight is 532 g/mol. The summed E-state index contributed by atoms with van der Waals surface area (Å²) >= 11 is 6.01. The van der Waals surface area contributed by atoms with Crippen molar-refractivity contribution in [1.82, 2.24) is 4.31 Å². The van der Waals surface area contributed by atoms with E-state index in [-0.39, 0.29) is 29.7 Å². The van der Waals surface area contributed by atoms with E-state index in [2.05, 4.69) is 16.3 Å². The zero-order valence-electron chi connectivity index (χ0n) is 20.2. The summed E-state index contributed by atoms with van der Waals surface area (Å²) in [4.78, 5) is 14.9. The van der Waals surface area contributed by atoms with Crippen molar-refractivity contribution >= 4 is 38.9 Å². The number of rotatable bonds is 6. The Hall–Kier alpha value is -3.14. The number of aryl methyl sites for hydroxylation is 1. The molecule has 0 radical (unpaired) electrons. The molecular weight excluding hydrogens is 505 g/mol. The SMILES string of the molecule is COc1ccc(Cl)cc1NC(=O)c1cc(S(=O)(=O)N2CCN(c3cccc(C)c3)[C@H](C)C2)ccc1F. The second-order valence-corrected chi connectivity index (χ2v) is 11.1. The lowest BCUT2D eigenvalue weighted by molar-refractivity contribution is 0.102. The number of nitrogens with zero attached hydrogens (tertiary/aromatic N) is 2. The molecule has 10 heteroatoms. The normalized spacial score (nSPS) is 16.6. The van der Waals surface area contributed by atoms with Crippen LogP contribution in [-0.2, 0) is 10.0 Å². The quantitative estimate of drug-likeness (QED) is 0.487. The number of methoxy groups -OCH3 is 1. The van der Waals surface area contributed by atoms with E-state index in [0.29, 0.717) is 17.3 Å². The van der Waals surface area contributed by atoms with Crippen LogP contribution in [0.1, 0.15) is 22.8 Å². The monoisotopic (exact) mass is 531 g/mol. The van der Waals surface area contributed by atoms with Crippen LogP contribution >= 0.6 is 11.6 Å². The first-order chi connectivity index (χ1) is 17.1. The molecular formula is C26H27ClFN3O4S. The average Bonchev–Trinajstić information content (AvgIpc) is 2.84. The lowest BCUT2D eigenvalue weighted by Gasteiger charge is -2.40. The fourth-order valence-corrected chi connectivity index (χ4v) is 6.00. The number of carbonyl (C=O) groups excluding carboxylic acids is 1. The Balaban J connectivity index is 1.56. The van der Waals surface area contributed by atoms with Crippen LogP contribution in [0.2, 0.25) is 5.02 Å². The maximum absolute atomic E-state index is 14.6. The molecule has 1 fully saturated rings. The predicted octanol–water partition coefficient (Wildman–Crippen LogP) is 4.95. The summed E-state index contributed by atoms with van der Waals surface area (Å²) in [6, 6.07) is 15.8. The fraction of sp³-hybridized carbons (Fsp3) is 0.269. The zero-order valence-corrected chi connectivity index (χ0v) is 21.7. The van der Waals surface area contributed by atoms with Crippen LogP contribution in [-0.4, -0.2) is 51.4 Å². The molecule has 3 aromatic rings. The number of hydrogen-bond acceptors (Lipinski definition) is 5. The Kier molecular flexibility index (Phi) is 7.54. The first kappa shape index (κ1) is 25.9. The molecule has 0 unspecified atom stereocenters. The van der Waals surface area contributed by atoms with Gasteiger partial charge in [0.05, 0.1) is 23.3 Å². The van der Waals surface area contributed by atoms with Crippen molar-refractivity contribution in [3.8, 4) is 5.75 Å². The highest BCUT2D eigenvalue weighted by molar-refractivity contribution is 7.89. The Morgan fingerprint density at radius 3 is 2.58 bits per heavy atom. The van der Waals surface area contributed by atoms with Gasteiger partial charge in [0.25, 0.3) is 5.91 Å². The highest BCUT2D eigenvalue weighted by Crippen LogP contribution is 2.29. The number of anilines is 2. The summed E-state index contributed by atoms with van der Waals surface area (Å²) in [7, 11) is -2.54. The standard InChI is InChI=1S/C26H27ClFN3O4S/c1-17-5-4-6-20(13-17)31-12-11-30(16-18(31)2)36(33,34)21-8-9-23(28)22(15-21)26(32)29-24-14-19(27)7-10-25(24)35-3/h4-10,13-15,18H,11-12,16H2,1-3H3,(H,29,32)/t18-/m1/s1. The smallest absolute Gasteiger partial charge is 0.258 e. The molecule has 1 aliphatic rings. The number of piperazine rings is 1. The third-order valence-electron chi connectivity index (χ3n) is 6.15. The molecule has 3 aromatic carbocycles. The summed E-state index contributed by atoms with van der Waals surface area (Å²) in [5.74, 6) is -1.33. The van der Waals surface area contributed by atoms with Crippen LogP contribution in [0.25, 0.3) is 0 Å². The molecule has 0 aliphatic carbocycles. The van der Waals surface area contributed by atoms with E-state index in [1.165, 1.54) is 23.5 Å². The number of amides is 1. The van der Waals surface area contributed by atoms with Gasteiger partial charge in [-0.15, -0.1) is 0 Å². The maximum atomic E-state index is 14.6. The van der Waals surface area contributed by atoms with E-state index in [9.17, 15) is 17.6 Å². The molecule has 0 aromatic heterocycles. The van der Waals surface area contributed by atoms with Gasteiger partial charge < -0.3 is 15.0 Å². The van der Waals surface area contributed by atoms with E-state index in [1.54, 1.807) is 12.1 Å². The highest BCUT2D eigenvalue weighted by atomic mass is 35.5. The third kappa shape index (κ3) is 5.33. The predicted molar refractivity (Wildman–Crippen MR) is 139 cm³/mol. The van der Waals surface area contributed by atoms with E-state index in [0.717, 1.165) is 23.4 Å². The van der Waals surface area contributed by atoms with E-state index >= 15 is 0 Å². The van der Waals surface area contributed by atoms with Gasteiger partial charge in [0.15, 0.2) is 0 Å². The molecule has 190 valence electrons. The van der Waals surface area contributed by atoms with Gasteiger partial charge in [-0.25, -0.2) is 12.8 Å². The molecule has 7 nitrogen and oxygen atoms in total. The van der Waals surface area contributed by atoms with Gasteiger partial charge in [0.2, 0.25) is 10.0 Å². The second-order valence-electron chi connectivity index (χ2n) is 8.68. The van der Waals surface area contributed by atoms with Gasteiger partial charge in [-0.2, -0.15) is 4.31 Å². The lowest BCUT2D eigenvalue weighted by atomic mass is 10.1. The molecule has 1 aliphatic heterocycles. The van der Waals surface area contributed by atoms with Crippen LogP contribution in [0.3, 0.4) is 0 Å². The third-order valence-corrected chi connectivity index (χ3v) is 8.25. The molecule has 1 N–H and O–H groups in total. The van der Waals surface area contributed by atoms with Gasteiger partial charge in [-0.3, -0.25) is 4.79 Å². The fourth-order valence-electron chi connectivity index (χ4n) is 4.29. The number of ether oxygens (including phenoxy) is 1. The zero-order chi connectivity index (χ0) is 26.0. The minimum absolute atomic E-state index is 0.0752. The van der Waals surface area contributed by atoms with Gasteiger partial charge in [-0.05, 0) is 67.9 Å². The lowest BCUT2D eigenvalue weighted by Crippen LogP contribution is -2.53. The maximum Gasteiger partial charge on any atom is 0.258 e. The number of nitrogens with one attached hydrogen (secondary N) is 1. The number of halogens is 2. The topological polar surface area (TPSA) is 78.9 Å². The van der Waals surface area contributed by atoms with Crippen molar-refractivity contribution < 1.29 is 22.3 Å². The Morgan fingerprint density at radius 1 is 1.11 bits per heavy atom. The molecule has 1 amide bonds. The molecule has 1 saturated heterocycles. The molecule has 0 saturated carbocycles. The van der Waals surface area contributed by atoms with Crippen molar-refractivity contribution in [3.63, 3.8) is 0 Å². The molecule has 0 bridgehead atoms. The molecule has 1 atom stereocenters. The molecule has 0 spiro atoms. The van der Waals surface area contributed by atoms with Crippen molar-refractivity contribution in [3.05, 3.63) is 82.6 Å². The van der Waals surface area contributed by atoms with Gasteiger partial charge in [0, 0.05) is 36.4 Å². The van der Waals surface area contributed by atoms with Crippen molar-refractivity contribution in [1.29, 1.82) is 0 Å². The summed E-state index contributed by atoms with van der Waals surface area (Å²) in [5, 5.41) is 2.90. The van der Waals surface area contributed by atoms with Crippen molar-refractivity contribution in [2.45, 2.75) is 24.8 Å². The molecule has 36 heavy (non-hydrogen) atoms. The summed E-state index contributed by atoms with van der Waals surface area (Å²) < 4.78 is 48.1. The van der Waals surface area contributed by atoms with Crippen LogP contribution in [0.4, 0.5) is 15.8 Å². The largest absolute Gasteiger partial charge is 0.495 e. The number of hydrogen-bond donors (Lipinski definition) is 1. The summed E-state index contributed by atoms with van der Waals surface area (Å²) in [5.41, 5.74) is 2.01. The Labute approximate surface area is 215 Å². The van der Waals surface area contributed by atoms with Crippen LogP contribution in [0, 0.1) is 12.7 Å². The van der Waals surface area contributed by atoms with Crippen LogP contribution in [0.5, 0.6) is 5.75 Å². The number of sulfonamides is 1. The summed E-state index contributed by atoms with van der Waals surface area (Å²) in [6.07, 6.45) is 0. The first-order valence-corrected chi connectivity index (χ1v) is 13.2. The number of carbonyl (C=O) groups is 1. The minimum Gasteiger partial charge on any atom is -0.495 e. The van der Waals surface area contributed by atoms with Crippen molar-refractivity contribution in [2.24, 2.45) is 0 Å². The summed E-state index contributed by atoms with van der Waals surface area (Å²) in [6.45, 7) is 5.01. The first-order valence-electron chi connectivity index (χ1n) is 11.4. The minimum atomic E-state index is -3.96. The number of benzene rings is 3.